The maximum atomic E-state index is 4.61. The molecule has 1 aromatic heterocycles. The molecular weight excluding hydrogens is 294 g/mol. The first-order chi connectivity index (χ1) is 11.8. The second-order valence-corrected chi connectivity index (χ2v) is 6.29. The van der Waals surface area contributed by atoms with Crippen molar-refractivity contribution in [1.29, 1.82) is 0 Å². The van der Waals surface area contributed by atoms with E-state index in [2.05, 4.69) is 71.3 Å². The van der Waals surface area contributed by atoms with Crippen molar-refractivity contribution in [3.8, 4) is 11.1 Å². The smallest absolute Gasteiger partial charge is 0.136 e. The Labute approximate surface area is 142 Å². The monoisotopic (exact) mass is 315 g/mol. The van der Waals surface area contributed by atoms with Crippen LogP contribution in [0.1, 0.15) is 48.0 Å². The molecule has 0 saturated carbocycles. The predicted molar refractivity (Wildman–Crippen MR) is 96.1 cm³/mol. The van der Waals surface area contributed by atoms with Gasteiger partial charge >= 0.3 is 0 Å². The van der Waals surface area contributed by atoms with E-state index in [-0.39, 0.29) is 0 Å². The molecule has 0 bridgehead atoms. The highest BCUT2D eigenvalue weighted by Crippen LogP contribution is 2.36. The molecule has 4 rings (SSSR count). The summed E-state index contributed by atoms with van der Waals surface area (Å²) >= 11 is 0. The van der Waals surface area contributed by atoms with Gasteiger partial charge in [-0.05, 0) is 34.2 Å². The van der Waals surface area contributed by atoms with Gasteiger partial charge in [0, 0.05) is 19.3 Å². The number of fused-ring (bicyclic) bond motifs is 3. The van der Waals surface area contributed by atoms with Gasteiger partial charge in [0.15, 0.2) is 0 Å². The molecule has 0 saturated heterocycles. The van der Waals surface area contributed by atoms with Crippen LogP contribution >= 0.6 is 0 Å². The van der Waals surface area contributed by atoms with Gasteiger partial charge in [0.05, 0.1) is 0 Å². The van der Waals surface area contributed by atoms with Crippen LogP contribution in [0.4, 0.5) is 0 Å². The zero-order valence-corrected chi connectivity index (χ0v) is 14.2. The fourth-order valence-corrected chi connectivity index (χ4v) is 3.41. The molecule has 0 unspecified atom stereocenters. The van der Waals surface area contributed by atoms with E-state index < -0.39 is 0 Å². The lowest BCUT2D eigenvalue weighted by atomic mass is 10.0. The average Bonchev–Trinajstić information content (AvgIpc) is 2.99. The first kappa shape index (κ1) is 15.0. The van der Waals surface area contributed by atoms with E-state index in [0.29, 0.717) is 0 Å². The summed E-state index contributed by atoms with van der Waals surface area (Å²) in [6.45, 7) is 4.18. The Morgan fingerprint density at radius 1 is 0.750 bits per heavy atom. The highest BCUT2D eigenvalue weighted by Gasteiger charge is 2.18. The second kappa shape index (κ2) is 6.16. The van der Waals surface area contributed by atoms with E-state index in [9.17, 15) is 0 Å². The Morgan fingerprint density at radius 2 is 1.42 bits per heavy atom. The predicted octanol–water partition coefficient (Wildman–Crippen LogP) is 4.16. The molecule has 120 valence electrons. The summed E-state index contributed by atoms with van der Waals surface area (Å²) < 4.78 is 0. The van der Waals surface area contributed by atoms with Crippen LogP contribution in [0.3, 0.4) is 0 Å². The molecule has 0 spiro atoms. The number of nitrogens with zero attached hydrogens (tertiary/aromatic N) is 3. The Bertz CT molecular complexity index is 877. The molecule has 0 N–H and O–H groups in total. The van der Waals surface area contributed by atoms with Crippen LogP contribution in [0.15, 0.2) is 42.5 Å². The quantitative estimate of drug-likeness (QED) is 0.567. The first-order valence-corrected chi connectivity index (χ1v) is 8.69. The van der Waals surface area contributed by atoms with Crippen molar-refractivity contribution in [2.24, 2.45) is 0 Å². The minimum Gasteiger partial charge on any atom is -0.218 e. The topological polar surface area (TPSA) is 38.7 Å². The van der Waals surface area contributed by atoms with E-state index >= 15 is 0 Å². The number of aryl methyl sites for hydroxylation is 2. The van der Waals surface area contributed by atoms with Crippen molar-refractivity contribution in [3.05, 3.63) is 76.6 Å². The summed E-state index contributed by atoms with van der Waals surface area (Å²) in [5, 5.41) is 0. The molecule has 1 aliphatic carbocycles. The van der Waals surface area contributed by atoms with Gasteiger partial charge in [0.1, 0.15) is 17.5 Å². The van der Waals surface area contributed by atoms with E-state index in [4.69, 9.17) is 0 Å². The van der Waals surface area contributed by atoms with Crippen LogP contribution < -0.4 is 0 Å². The lowest BCUT2D eigenvalue weighted by Crippen LogP contribution is -2.07. The van der Waals surface area contributed by atoms with Gasteiger partial charge in [-0.3, -0.25) is 0 Å². The Morgan fingerprint density at radius 3 is 2.17 bits per heavy atom. The maximum Gasteiger partial charge on any atom is 0.136 e. The van der Waals surface area contributed by atoms with Crippen molar-refractivity contribution >= 4 is 0 Å². The molecule has 3 heteroatoms. The molecule has 0 atom stereocenters. The minimum atomic E-state index is 0.770. The Kier molecular flexibility index (Phi) is 3.85. The minimum absolute atomic E-state index is 0.770. The van der Waals surface area contributed by atoms with Crippen LogP contribution in [0.5, 0.6) is 0 Å². The van der Waals surface area contributed by atoms with Crippen molar-refractivity contribution in [2.75, 3.05) is 0 Å². The molecule has 2 aromatic carbocycles. The fourth-order valence-electron chi connectivity index (χ4n) is 3.41. The molecule has 0 aliphatic heterocycles. The third-order valence-corrected chi connectivity index (χ3v) is 4.63. The van der Waals surface area contributed by atoms with Crippen molar-refractivity contribution < 1.29 is 0 Å². The van der Waals surface area contributed by atoms with Gasteiger partial charge in [-0.2, -0.15) is 0 Å². The number of aromatic nitrogens is 3. The van der Waals surface area contributed by atoms with Crippen LogP contribution in [-0.2, 0) is 25.7 Å². The standard InChI is InChI=1S/C21H21N3/c1-3-19-22-20(4-2)24-21(23-19)12-14-9-10-18-16(11-14)13-15-7-5-6-8-17(15)18/h5-11H,3-4,12-13H2,1-2H3. The third-order valence-electron chi connectivity index (χ3n) is 4.63. The summed E-state index contributed by atoms with van der Waals surface area (Å²) in [6, 6.07) is 15.5. The van der Waals surface area contributed by atoms with Crippen LogP contribution in [0, 0.1) is 0 Å². The van der Waals surface area contributed by atoms with Gasteiger partial charge in [-0.25, -0.2) is 15.0 Å². The summed E-state index contributed by atoms with van der Waals surface area (Å²) in [7, 11) is 0. The van der Waals surface area contributed by atoms with Crippen molar-refractivity contribution in [2.45, 2.75) is 39.5 Å². The zero-order valence-electron chi connectivity index (χ0n) is 14.2. The number of benzene rings is 2. The summed E-state index contributed by atoms with van der Waals surface area (Å²) in [6.07, 6.45) is 3.49. The lowest BCUT2D eigenvalue weighted by molar-refractivity contribution is 0.779. The molecule has 0 radical (unpaired) electrons. The van der Waals surface area contributed by atoms with E-state index in [1.54, 1.807) is 0 Å². The van der Waals surface area contributed by atoms with Gasteiger partial charge in [-0.1, -0.05) is 56.3 Å². The maximum absolute atomic E-state index is 4.61. The highest BCUT2D eigenvalue weighted by molar-refractivity contribution is 5.76. The van der Waals surface area contributed by atoms with Crippen molar-refractivity contribution in [1.82, 2.24) is 15.0 Å². The lowest BCUT2D eigenvalue weighted by Gasteiger charge is -2.07. The normalized spacial score (nSPS) is 12.1. The Hall–Kier alpha value is -2.55. The molecule has 24 heavy (non-hydrogen) atoms. The molecule has 1 heterocycles. The molecule has 3 aromatic rings. The third kappa shape index (κ3) is 2.71. The van der Waals surface area contributed by atoms with Gasteiger partial charge in [0.2, 0.25) is 0 Å². The molecule has 0 fully saturated rings. The van der Waals surface area contributed by atoms with Gasteiger partial charge in [-0.15, -0.1) is 0 Å². The molecule has 3 nitrogen and oxygen atoms in total. The van der Waals surface area contributed by atoms with E-state index in [1.807, 2.05) is 0 Å². The van der Waals surface area contributed by atoms with Crippen molar-refractivity contribution in [3.63, 3.8) is 0 Å². The summed E-state index contributed by atoms with van der Waals surface area (Å²) in [5.74, 6) is 2.67. The SMILES string of the molecule is CCc1nc(CC)nc(Cc2ccc3c(c2)Cc2ccccc2-3)n1. The zero-order chi connectivity index (χ0) is 16.5. The van der Waals surface area contributed by atoms with Crippen LogP contribution in [-0.4, -0.2) is 15.0 Å². The number of hydrogen-bond donors (Lipinski definition) is 0. The summed E-state index contributed by atoms with van der Waals surface area (Å²) in [5.41, 5.74) is 6.85. The largest absolute Gasteiger partial charge is 0.218 e. The van der Waals surface area contributed by atoms with Crippen LogP contribution in [0.25, 0.3) is 11.1 Å². The van der Waals surface area contributed by atoms with Gasteiger partial charge in [0.25, 0.3) is 0 Å². The Balaban J connectivity index is 1.64. The average molecular weight is 315 g/mol. The molecule has 0 amide bonds. The number of hydrogen-bond acceptors (Lipinski definition) is 3. The second-order valence-electron chi connectivity index (χ2n) is 6.29. The molecular formula is C21H21N3. The van der Waals surface area contributed by atoms with Crippen LogP contribution in [0.2, 0.25) is 0 Å². The fraction of sp³-hybridized carbons (Fsp3) is 0.286. The van der Waals surface area contributed by atoms with E-state index in [0.717, 1.165) is 43.2 Å². The summed E-state index contributed by atoms with van der Waals surface area (Å²) in [4.78, 5) is 13.7. The highest BCUT2D eigenvalue weighted by atomic mass is 15.0. The first-order valence-electron chi connectivity index (χ1n) is 8.69. The van der Waals surface area contributed by atoms with Gasteiger partial charge < -0.3 is 0 Å². The molecule has 1 aliphatic rings. The van der Waals surface area contributed by atoms with E-state index in [1.165, 1.54) is 27.8 Å². The number of rotatable bonds is 4.